The minimum Gasteiger partial charge on any atom is -0.310 e. The average molecular weight is 277 g/mol. The van der Waals surface area contributed by atoms with Crippen LogP contribution in [0.4, 0.5) is 0 Å². The van der Waals surface area contributed by atoms with Gasteiger partial charge in [-0.25, -0.2) is 0 Å². The number of nitrogens with zero attached hydrogens (tertiary/aromatic N) is 1. The van der Waals surface area contributed by atoms with Crippen molar-refractivity contribution < 1.29 is 0 Å². The first-order chi connectivity index (χ1) is 9.20. The van der Waals surface area contributed by atoms with Crippen LogP contribution in [0.15, 0.2) is 36.5 Å². The van der Waals surface area contributed by atoms with E-state index in [4.69, 9.17) is 11.6 Å². The van der Waals surface area contributed by atoms with Crippen molar-refractivity contribution in [2.75, 3.05) is 5.88 Å². The normalized spacial score (nSPS) is 13.1. The first kappa shape index (κ1) is 14.3. The Labute approximate surface area is 120 Å². The van der Waals surface area contributed by atoms with Crippen LogP contribution in [-0.4, -0.2) is 16.9 Å². The molecule has 1 atom stereocenters. The summed E-state index contributed by atoms with van der Waals surface area (Å²) in [5.74, 6) is 1.30. The van der Waals surface area contributed by atoms with Crippen molar-refractivity contribution in [3.63, 3.8) is 0 Å². The van der Waals surface area contributed by atoms with Crippen LogP contribution in [0, 0.1) is 5.92 Å². The van der Waals surface area contributed by atoms with Gasteiger partial charge in [0.1, 0.15) is 0 Å². The van der Waals surface area contributed by atoms with Crippen LogP contribution in [0.1, 0.15) is 25.8 Å². The molecule has 0 aliphatic heterocycles. The van der Waals surface area contributed by atoms with E-state index in [1.807, 2.05) is 12.3 Å². The summed E-state index contributed by atoms with van der Waals surface area (Å²) in [5.41, 5.74) is 2.34. The van der Waals surface area contributed by atoms with E-state index >= 15 is 0 Å². The second-order valence-corrected chi connectivity index (χ2v) is 5.62. The number of aromatic nitrogens is 1. The third-order valence-electron chi connectivity index (χ3n) is 3.46. The second-order valence-electron chi connectivity index (χ2n) is 5.24. The predicted octanol–water partition coefficient (Wildman–Crippen LogP) is 3.98. The molecule has 1 unspecified atom stereocenters. The SMILES string of the molecule is CC(C)C(CCCl)NCc1ccc2ncccc2c1. The maximum Gasteiger partial charge on any atom is 0.0702 e. The van der Waals surface area contributed by atoms with Crippen LogP contribution in [-0.2, 0) is 6.54 Å². The van der Waals surface area contributed by atoms with Gasteiger partial charge in [-0.2, -0.15) is 0 Å². The third-order valence-corrected chi connectivity index (χ3v) is 3.68. The fraction of sp³-hybridized carbons (Fsp3) is 0.438. The molecule has 0 aliphatic rings. The summed E-state index contributed by atoms with van der Waals surface area (Å²) in [6, 6.07) is 11.0. The first-order valence-electron chi connectivity index (χ1n) is 6.83. The Hall–Kier alpha value is -1.12. The predicted molar refractivity (Wildman–Crippen MR) is 82.5 cm³/mol. The van der Waals surface area contributed by atoms with Crippen LogP contribution in [0.2, 0.25) is 0 Å². The van der Waals surface area contributed by atoms with Crippen molar-refractivity contribution in [2.45, 2.75) is 32.9 Å². The van der Waals surface area contributed by atoms with E-state index in [-0.39, 0.29) is 0 Å². The molecule has 0 amide bonds. The van der Waals surface area contributed by atoms with Gasteiger partial charge in [0, 0.05) is 30.0 Å². The molecule has 0 spiro atoms. The van der Waals surface area contributed by atoms with E-state index in [1.54, 1.807) is 0 Å². The van der Waals surface area contributed by atoms with Crippen molar-refractivity contribution in [1.82, 2.24) is 10.3 Å². The lowest BCUT2D eigenvalue weighted by atomic mass is 10.0. The quantitative estimate of drug-likeness (QED) is 0.808. The zero-order valence-electron chi connectivity index (χ0n) is 11.6. The number of halogens is 1. The minimum atomic E-state index is 0.474. The molecule has 0 fully saturated rings. The maximum absolute atomic E-state index is 5.85. The lowest BCUT2D eigenvalue weighted by Crippen LogP contribution is -2.33. The van der Waals surface area contributed by atoms with Crippen molar-refractivity contribution in [3.05, 3.63) is 42.1 Å². The van der Waals surface area contributed by atoms with E-state index in [1.165, 1.54) is 10.9 Å². The molecule has 3 heteroatoms. The minimum absolute atomic E-state index is 0.474. The molecule has 1 heterocycles. The van der Waals surface area contributed by atoms with E-state index in [2.05, 4.69) is 48.4 Å². The van der Waals surface area contributed by atoms with Crippen LogP contribution < -0.4 is 5.32 Å². The van der Waals surface area contributed by atoms with Gasteiger partial charge in [0.25, 0.3) is 0 Å². The van der Waals surface area contributed by atoms with Gasteiger partial charge in [0.05, 0.1) is 5.52 Å². The smallest absolute Gasteiger partial charge is 0.0702 e. The Balaban J connectivity index is 2.04. The van der Waals surface area contributed by atoms with Gasteiger partial charge in [-0.15, -0.1) is 11.6 Å². The van der Waals surface area contributed by atoms with E-state index in [0.717, 1.165) is 18.5 Å². The summed E-state index contributed by atoms with van der Waals surface area (Å²) < 4.78 is 0. The van der Waals surface area contributed by atoms with Crippen molar-refractivity contribution >= 4 is 22.5 Å². The largest absolute Gasteiger partial charge is 0.310 e. The number of fused-ring (bicyclic) bond motifs is 1. The van der Waals surface area contributed by atoms with Gasteiger partial charge in [-0.05, 0) is 36.1 Å². The average Bonchev–Trinajstić information content (AvgIpc) is 2.43. The van der Waals surface area contributed by atoms with Gasteiger partial charge in [-0.3, -0.25) is 4.98 Å². The highest BCUT2D eigenvalue weighted by molar-refractivity contribution is 6.17. The fourth-order valence-corrected chi connectivity index (χ4v) is 2.51. The van der Waals surface area contributed by atoms with Crippen LogP contribution >= 0.6 is 11.6 Å². The zero-order chi connectivity index (χ0) is 13.7. The molecule has 0 bridgehead atoms. The molecule has 0 saturated carbocycles. The molecule has 2 rings (SSSR count). The summed E-state index contributed by atoms with van der Waals surface area (Å²) >= 11 is 5.85. The third kappa shape index (κ3) is 3.92. The number of benzene rings is 1. The highest BCUT2D eigenvalue weighted by Gasteiger charge is 2.11. The molecule has 0 radical (unpaired) electrons. The summed E-state index contributed by atoms with van der Waals surface area (Å²) in [6.07, 6.45) is 2.84. The number of rotatable bonds is 6. The van der Waals surface area contributed by atoms with Gasteiger partial charge in [0.2, 0.25) is 0 Å². The number of hydrogen-bond acceptors (Lipinski definition) is 2. The van der Waals surface area contributed by atoms with Gasteiger partial charge < -0.3 is 5.32 Å². The van der Waals surface area contributed by atoms with Gasteiger partial charge in [0.15, 0.2) is 0 Å². The van der Waals surface area contributed by atoms with Crippen LogP contribution in [0.25, 0.3) is 10.9 Å². The standard InChI is InChI=1S/C16H21ClN2/c1-12(2)15(7-8-17)19-11-13-5-6-16-14(10-13)4-3-9-18-16/h3-6,9-10,12,15,19H,7-8,11H2,1-2H3. The molecule has 2 aromatic rings. The fourth-order valence-electron chi connectivity index (χ4n) is 2.27. The van der Waals surface area contributed by atoms with Gasteiger partial charge >= 0.3 is 0 Å². The Morgan fingerprint density at radius 1 is 1.26 bits per heavy atom. The molecule has 1 aromatic carbocycles. The molecule has 1 N–H and O–H groups in total. The molecule has 19 heavy (non-hydrogen) atoms. The summed E-state index contributed by atoms with van der Waals surface area (Å²) in [7, 11) is 0. The molecule has 102 valence electrons. The second kappa shape index (κ2) is 6.88. The monoisotopic (exact) mass is 276 g/mol. The van der Waals surface area contributed by atoms with Crippen LogP contribution in [0.5, 0.6) is 0 Å². The number of hydrogen-bond donors (Lipinski definition) is 1. The summed E-state index contributed by atoms with van der Waals surface area (Å²) in [5, 5.41) is 4.79. The maximum atomic E-state index is 5.85. The van der Waals surface area contributed by atoms with Crippen molar-refractivity contribution in [2.24, 2.45) is 5.92 Å². The molecule has 0 aliphatic carbocycles. The van der Waals surface area contributed by atoms with Crippen LogP contribution in [0.3, 0.4) is 0 Å². The zero-order valence-corrected chi connectivity index (χ0v) is 12.3. The summed E-state index contributed by atoms with van der Waals surface area (Å²) in [4.78, 5) is 4.34. The van der Waals surface area contributed by atoms with E-state index in [9.17, 15) is 0 Å². The Morgan fingerprint density at radius 2 is 2.11 bits per heavy atom. The van der Waals surface area contributed by atoms with Crippen molar-refractivity contribution in [1.29, 1.82) is 0 Å². The Kier molecular flexibility index (Phi) is 5.17. The molecular weight excluding hydrogens is 256 g/mol. The number of pyridine rings is 1. The van der Waals surface area contributed by atoms with Gasteiger partial charge in [-0.1, -0.05) is 26.0 Å². The highest BCUT2D eigenvalue weighted by Crippen LogP contribution is 2.14. The van der Waals surface area contributed by atoms with E-state index in [0.29, 0.717) is 17.8 Å². The molecule has 0 saturated heterocycles. The first-order valence-corrected chi connectivity index (χ1v) is 7.37. The molecule has 2 nitrogen and oxygen atoms in total. The Morgan fingerprint density at radius 3 is 2.84 bits per heavy atom. The number of alkyl halides is 1. The lowest BCUT2D eigenvalue weighted by Gasteiger charge is -2.21. The Bertz CT molecular complexity index is 525. The molecule has 1 aromatic heterocycles. The topological polar surface area (TPSA) is 24.9 Å². The van der Waals surface area contributed by atoms with E-state index < -0.39 is 0 Å². The molecular formula is C16H21ClN2. The highest BCUT2D eigenvalue weighted by atomic mass is 35.5. The summed E-state index contributed by atoms with van der Waals surface area (Å²) in [6.45, 7) is 5.34. The lowest BCUT2D eigenvalue weighted by molar-refractivity contribution is 0.389. The number of nitrogens with one attached hydrogen (secondary N) is 1. The van der Waals surface area contributed by atoms with Crippen molar-refractivity contribution in [3.8, 4) is 0 Å².